The van der Waals surface area contributed by atoms with Crippen molar-refractivity contribution in [1.29, 1.82) is 0 Å². The lowest BCUT2D eigenvalue weighted by Crippen LogP contribution is -2.30. The predicted molar refractivity (Wildman–Crippen MR) is 128 cm³/mol. The van der Waals surface area contributed by atoms with Crippen LogP contribution in [0.2, 0.25) is 0 Å². The third-order valence-corrected chi connectivity index (χ3v) is 5.16. The molecule has 0 aliphatic carbocycles. The van der Waals surface area contributed by atoms with Crippen molar-refractivity contribution in [1.82, 2.24) is 0 Å². The Balaban J connectivity index is 1.74. The molecule has 5 nitrogen and oxygen atoms in total. The number of halogens is 1. The highest BCUT2D eigenvalue weighted by Crippen LogP contribution is 2.25. The molecular formula is C25H25BrN2O3. The summed E-state index contributed by atoms with van der Waals surface area (Å²) in [5.41, 5.74) is 2.45. The van der Waals surface area contributed by atoms with Crippen LogP contribution in [0, 0.1) is 0 Å². The molecule has 31 heavy (non-hydrogen) atoms. The summed E-state index contributed by atoms with van der Waals surface area (Å²) >= 11 is 3.41. The highest BCUT2D eigenvalue weighted by molar-refractivity contribution is 9.10. The Bertz CT molecular complexity index is 1040. The summed E-state index contributed by atoms with van der Waals surface area (Å²) < 4.78 is 6.49. The molecule has 0 heterocycles. The largest absolute Gasteiger partial charge is 0.493 e. The van der Waals surface area contributed by atoms with Crippen LogP contribution in [0.4, 0.5) is 11.4 Å². The Morgan fingerprint density at radius 3 is 2.32 bits per heavy atom. The highest BCUT2D eigenvalue weighted by atomic mass is 79.9. The molecule has 1 N–H and O–H groups in total. The molecule has 3 rings (SSSR count). The smallest absolute Gasteiger partial charge is 0.259 e. The number of anilines is 2. The van der Waals surface area contributed by atoms with Crippen LogP contribution >= 0.6 is 15.9 Å². The molecule has 0 fully saturated rings. The molecular weight excluding hydrogens is 456 g/mol. The molecule has 3 aromatic carbocycles. The lowest BCUT2D eigenvalue weighted by Gasteiger charge is -2.21. The lowest BCUT2D eigenvalue weighted by atomic mass is 10.1. The second-order valence-corrected chi connectivity index (χ2v) is 7.82. The second kappa shape index (κ2) is 10.8. The van der Waals surface area contributed by atoms with E-state index in [1.807, 2.05) is 50.2 Å². The van der Waals surface area contributed by atoms with E-state index in [-0.39, 0.29) is 11.8 Å². The van der Waals surface area contributed by atoms with Gasteiger partial charge in [-0.25, -0.2) is 0 Å². The normalized spacial score (nSPS) is 10.4. The van der Waals surface area contributed by atoms with Crippen molar-refractivity contribution >= 4 is 39.1 Å². The zero-order chi connectivity index (χ0) is 22.2. The van der Waals surface area contributed by atoms with E-state index in [1.165, 1.54) is 0 Å². The summed E-state index contributed by atoms with van der Waals surface area (Å²) in [4.78, 5) is 27.5. The van der Waals surface area contributed by atoms with Crippen LogP contribution in [0.3, 0.4) is 0 Å². The van der Waals surface area contributed by atoms with Crippen LogP contribution in [-0.4, -0.2) is 25.0 Å². The molecule has 0 spiro atoms. The fraction of sp³-hybridized carbons (Fsp3) is 0.200. The quantitative estimate of drug-likeness (QED) is 0.420. The molecule has 0 aromatic heterocycles. The fourth-order valence-electron chi connectivity index (χ4n) is 3.12. The summed E-state index contributed by atoms with van der Waals surface area (Å²) in [6.45, 7) is 5.05. The van der Waals surface area contributed by atoms with E-state index in [0.717, 1.165) is 16.6 Å². The Morgan fingerprint density at radius 2 is 1.68 bits per heavy atom. The third-order valence-electron chi connectivity index (χ3n) is 4.67. The van der Waals surface area contributed by atoms with Gasteiger partial charge in [-0.15, -0.1) is 0 Å². The van der Waals surface area contributed by atoms with Gasteiger partial charge >= 0.3 is 0 Å². The minimum absolute atomic E-state index is 0.0891. The van der Waals surface area contributed by atoms with Crippen molar-refractivity contribution in [2.75, 3.05) is 23.4 Å². The maximum absolute atomic E-state index is 12.9. The van der Waals surface area contributed by atoms with Gasteiger partial charge in [0.15, 0.2) is 0 Å². The molecule has 0 saturated carbocycles. The highest BCUT2D eigenvalue weighted by Gasteiger charge is 2.17. The second-order valence-electron chi connectivity index (χ2n) is 6.91. The minimum atomic E-state index is -0.272. The van der Waals surface area contributed by atoms with Crippen LogP contribution in [0.1, 0.15) is 41.0 Å². The van der Waals surface area contributed by atoms with Crippen LogP contribution in [0.5, 0.6) is 5.75 Å². The first-order chi connectivity index (χ1) is 15.0. The Kier molecular flexibility index (Phi) is 7.84. The number of hydrogen-bond donors (Lipinski definition) is 1. The summed E-state index contributed by atoms with van der Waals surface area (Å²) in [5, 5.41) is 2.88. The van der Waals surface area contributed by atoms with E-state index < -0.39 is 0 Å². The predicted octanol–water partition coefficient (Wildman–Crippen LogP) is 6.16. The number of nitrogens with one attached hydrogen (secondary N) is 1. The zero-order valence-electron chi connectivity index (χ0n) is 17.6. The van der Waals surface area contributed by atoms with Gasteiger partial charge in [-0.3, -0.25) is 9.59 Å². The van der Waals surface area contributed by atoms with E-state index in [9.17, 15) is 9.59 Å². The molecule has 0 unspecified atom stereocenters. The molecule has 3 aromatic rings. The van der Waals surface area contributed by atoms with Gasteiger partial charge in [-0.2, -0.15) is 0 Å². The first-order valence-corrected chi connectivity index (χ1v) is 11.0. The number of ether oxygens (including phenoxy) is 1. The maximum Gasteiger partial charge on any atom is 0.259 e. The Hall–Kier alpha value is -3.12. The van der Waals surface area contributed by atoms with Crippen molar-refractivity contribution in [3.63, 3.8) is 0 Å². The van der Waals surface area contributed by atoms with E-state index in [2.05, 4.69) is 21.2 Å². The minimum Gasteiger partial charge on any atom is -0.493 e. The van der Waals surface area contributed by atoms with Crippen molar-refractivity contribution < 1.29 is 14.3 Å². The van der Waals surface area contributed by atoms with E-state index in [0.29, 0.717) is 35.7 Å². The number of rotatable bonds is 8. The number of benzene rings is 3. The van der Waals surface area contributed by atoms with Gasteiger partial charge < -0.3 is 15.0 Å². The number of amides is 2. The molecule has 0 saturated heterocycles. The zero-order valence-corrected chi connectivity index (χ0v) is 19.2. The van der Waals surface area contributed by atoms with Gasteiger partial charge in [-0.1, -0.05) is 41.1 Å². The van der Waals surface area contributed by atoms with Crippen molar-refractivity contribution in [3.05, 3.63) is 88.4 Å². The van der Waals surface area contributed by atoms with Crippen molar-refractivity contribution in [3.8, 4) is 5.75 Å². The van der Waals surface area contributed by atoms with Crippen molar-refractivity contribution in [2.24, 2.45) is 0 Å². The third kappa shape index (κ3) is 5.73. The molecule has 0 atom stereocenters. The summed E-state index contributed by atoms with van der Waals surface area (Å²) in [7, 11) is 0. The van der Waals surface area contributed by atoms with Gasteiger partial charge in [0.05, 0.1) is 12.2 Å². The number of carbonyl (C=O) groups excluding carboxylic acids is 2. The lowest BCUT2D eigenvalue weighted by molar-refractivity contribution is 0.0987. The Labute approximate surface area is 191 Å². The molecule has 0 bridgehead atoms. The SMILES string of the molecule is CCCOc1ccc(Br)cc1C(=O)Nc1ccc(C(=O)N(CC)c2ccccc2)cc1. The van der Waals surface area contributed by atoms with E-state index >= 15 is 0 Å². The van der Waals surface area contributed by atoms with Gasteiger partial charge in [0, 0.05) is 28.0 Å². The Morgan fingerprint density at radius 1 is 0.968 bits per heavy atom. The molecule has 0 aliphatic heterocycles. The molecule has 2 amide bonds. The maximum atomic E-state index is 12.9. The summed E-state index contributed by atoms with van der Waals surface area (Å²) in [6, 6.07) is 21.8. The van der Waals surface area contributed by atoms with Crippen LogP contribution < -0.4 is 15.0 Å². The topological polar surface area (TPSA) is 58.6 Å². The van der Waals surface area contributed by atoms with E-state index in [4.69, 9.17) is 4.74 Å². The van der Waals surface area contributed by atoms with Crippen LogP contribution in [0.25, 0.3) is 0 Å². The first kappa shape index (κ1) is 22.6. The number of para-hydroxylation sites is 1. The monoisotopic (exact) mass is 480 g/mol. The van der Waals surface area contributed by atoms with Gasteiger partial charge in [0.25, 0.3) is 11.8 Å². The number of nitrogens with zero attached hydrogens (tertiary/aromatic N) is 1. The molecule has 0 radical (unpaired) electrons. The summed E-state index contributed by atoms with van der Waals surface area (Å²) in [6.07, 6.45) is 0.852. The number of carbonyl (C=O) groups is 2. The molecule has 6 heteroatoms. The fourth-order valence-corrected chi connectivity index (χ4v) is 3.48. The average Bonchev–Trinajstić information content (AvgIpc) is 2.80. The van der Waals surface area contributed by atoms with Gasteiger partial charge in [0.2, 0.25) is 0 Å². The van der Waals surface area contributed by atoms with E-state index in [1.54, 1.807) is 41.3 Å². The molecule has 0 aliphatic rings. The number of hydrogen-bond acceptors (Lipinski definition) is 3. The van der Waals surface area contributed by atoms with Crippen LogP contribution in [0.15, 0.2) is 77.3 Å². The summed E-state index contributed by atoms with van der Waals surface area (Å²) in [5.74, 6) is 0.176. The standard InChI is InChI=1S/C25H25BrN2O3/c1-3-16-31-23-15-12-19(26)17-22(23)24(29)27-20-13-10-18(11-14-20)25(30)28(4-2)21-8-6-5-7-9-21/h5-15,17H,3-4,16H2,1-2H3,(H,27,29). The van der Waals surface area contributed by atoms with Crippen LogP contribution in [-0.2, 0) is 0 Å². The van der Waals surface area contributed by atoms with Gasteiger partial charge in [0.1, 0.15) is 5.75 Å². The first-order valence-electron chi connectivity index (χ1n) is 10.2. The van der Waals surface area contributed by atoms with Crippen molar-refractivity contribution in [2.45, 2.75) is 20.3 Å². The molecule has 160 valence electrons. The average molecular weight is 481 g/mol. The van der Waals surface area contributed by atoms with Gasteiger partial charge in [-0.05, 0) is 67.9 Å².